The minimum absolute atomic E-state index is 0.00243. The second-order valence-corrected chi connectivity index (χ2v) is 19.3. The number of hydrogen-bond donors (Lipinski definition) is 9. The van der Waals surface area contributed by atoms with Crippen molar-refractivity contribution in [3.63, 3.8) is 0 Å². The van der Waals surface area contributed by atoms with Gasteiger partial charge in [0.1, 0.15) is 37.7 Å². The number of rotatable bonds is 56. The summed E-state index contributed by atoms with van der Waals surface area (Å²) < 4.78 is 21.4. The lowest BCUT2D eigenvalue weighted by atomic mass is 9.95. The van der Waals surface area contributed by atoms with Crippen LogP contribution in [0.3, 0.4) is 0 Å². The molecule has 0 aliphatic heterocycles. The molecule has 78 heavy (non-hydrogen) atoms. The van der Waals surface area contributed by atoms with Gasteiger partial charge in [0.2, 0.25) is 23.6 Å². The highest BCUT2D eigenvalue weighted by atomic mass is 16.5. The van der Waals surface area contributed by atoms with Gasteiger partial charge in [0, 0.05) is 70.6 Å². The van der Waals surface area contributed by atoms with Crippen LogP contribution >= 0.6 is 0 Å². The van der Waals surface area contributed by atoms with Crippen LogP contribution in [0.25, 0.3) is 0 Å². The van der Waals surface area contributed by atoms with E-state index in [4.69, 9.17) is 29.2 Å². The zero-order valence-electron chi connectivity index (χ0n) is 46.0. The molecule has 0 spiro atoms. The van der Waals surface area contributed by atoms with E-state index in [0.29, 0.717) is 45.1 Å². The summed E-state index contributed by atoms with van der Waals surface area (Å²) in [7, 11) is 0. The molecule has 4 amide bonds. The summed E-state index contributed by atoms with van der Waals surface area (Å²) in [6.45, 7) is 1.90. The van der Waals surface area contributed by atoms with E-state index in [2.05, 4.69) is 21.3 Å². The highest BCUT2D eigenvalue weighted by Crippen LogP contribution is 2.16. The van der Waals surface area contributed by atoms with Gasteiger partial charge >= 0.3 is 23.9 Å². The molecule has 0 heterocycles. The number of unbranched alkanes of at least 4 members (excludes halogenated alkanes) is 12. The number of hydrogen-bond acceptors (Lipinski definition) is 16. The molecule has 0 bridgehead atoms. The number of ketones is 3. The number of aliphatic hydroxyl groups is 1. The van der Waals surface area contributed by atoms with Crippen LogP contribution in [-0.2, 0) is 71.7 Å². The summed E-state index contributed by atoms with van der Waals surface area (Å²) in [5.41, 5.74) is 0. The first kappa shape index (κ1) is 72.6. The summed E-state index contributed by atoms with van der Waals surface area (Å²) in [5, 5.41) is 56.5. The number of carboxylic acids is 4. The molecule has 0 aromatic rings. The quantitative estimate of drug-likeness (QED) is 0.0387. The average Bonchev–Trinajstić information content (AvgIpc) is 3.39. The molecule has 0 saturated carbocycles. The third kappa shape index (κ3) is 43.5. The number of ether oxygens (including phenoxy) is 4. The van der Waals surface area contributed by atoms with Crippen LogP contribution in [0.1, 0.15) is 180 Å². The molecule has 0 aromatic heterocycles. The van der Waals surface area contributed by atoms with Crippen LogP contribution in [0.4, 0.5) is 0 Å². The lowest BCUT2D eigenvalue weighted by Gasteiger charge is -2.16. The zero-order valence-corrected chi connectivity index (χ0v) is 46.0. The molecule has 0 aromatic carbocycles. The molecular formula is C54H92N4O20. The van der Waals surface area contributed by atoms with E-state index < -0.39 is 85.0 Å². The third-order valence-electron chi connectivity index (χ3n) is 12.7. The normalized spacial score (nSPS) is 12.6. The first-order valence-electron chi connectivity index (χ1n) is 27.9. The second kappa shape index (κ2) is 48.7. The van der Waals surface area contributed by atoms with E-state index in [1.165, 1.54) is 0 Å². The Balaban J connectivity index is 4.00. The number of aliphatic carboxylic acids is 4. The summed E-state index contributed by atoms with van der Waals surface area (Å²) in [5.74, 6) is -8.94. The number of carboxylic acid groups (broad SMARTS) is 4. The second-order valence-electron chi connectivity index (χ2n) is 19.3. The van der Waals surface area contributed by atoms with Crippen LogP contribution in [0.15, 0.2) is 0 Å². The number of Topliss-reactive ketones (excluding diaryl/α,β-unsaturated/α-hetero) is 3. The van der Waals surface area contributed by atoms with Gasteiger partial charge in [0.25, 0.3) is 0 Å². The van der Waals surface area contributed by atoms with Gasteiger partial charge in [0.05, 0.1) is 39.0 Å². The SMILES string of the molecule is CCC(CCCCNC(=O)CC[C@H](NC(=O)CC[C@H](CC(=O)COCCOCCNC(=O)COCCOCCCC(=O)CC[C@H](NC(=O)CCCCCCCCCCCCCCC(=O)O)C(=O)O)C(=O)O)C(=O)O)C(=O)CO. The van der Waals surface area contributed by atoms with Crippen molar-refractivity contribution in [2.24, 2.45) is 11.8 Å². The predicted molar refractivity (Wildman–Crippen MR) is 283 cm³/mol. The molecular weight excluding hydrogens is 1020 g/mol. The fourth-order valence-corrected chi connectivity index (χ4v) is 8.06. The highest BCUT2D eigenvalue weighted by molar-refractivity contribution is 5.87. The van der Waals surface area contributed by atoms with Crippen LogP contribution < -0.4 is 21.3 Å². The van der Waals surface area contributed by atoms with Gasteiger partial charge in [-0.2, -0.15) is 0 Å². The molecule has 448 valence electrons. The number of carbonyl (C=O) groups excluding carboxylic acids is 7. The molecule has 0 saturated heterocycles. The zero-order chi connectivity index (χ0) is 58.2. The van der Waals surface area contributed by atoms with Gasteiger partial charge in [-0.3, -0.25) is 43.2 Å². The van der Waals surface area contributed by atoms with E-state index in [9.17, 15) is 68.1 Å². The minimum Gasteiger partial charge on any atom is -0.481 e. The number of carbonyl (C=O) groups is 11. The smallest absolute Gasteiger partial charge is 0.326 e. The van der Waals surface area contributed by atoms with Crippen LogP contribution in [-0.4, -0.2) is 175 Å². The largest absolute Gasteiger partial charge is 0.481 e. The highest BCUT2D eigenvalue weighted by Gasteiger charge is 2.26. The number of nitrogens with one attached hydrogen (secondary N) is 4. The predicted octanol–water partition coefficient (Wildman–Crippen LogP) is 4.08. The Morgan fingerprint density at radius 3 is 1.45 bits per heavy atom. The monoisotopic (exact) mass is 1120 g/mol. The molecule has 0 aliphatic carbocycles. The molecule has 24 nitrogen and oxygen atoms in total. The molecule has 0 rings (SSSR count). The topological polar surface area (TPSA) is 374 Å². The first-order valence-corrected chi connectivity index (χ1v) is 27.9. The van der Waals surface area contributed by atoms with Crippen LogP contribution in [0.5, 0.6) is 0 Å². The van der Waals surface area contributed by atoms with Crippen molar-refractivity contribution in [3.05, 3.63) is 0 Å². The summed E-state index contributed by atoms with van der Waals surface area (Å²) in [6.07, 6.45) is 14.1. The van der Waals surface area contributed by atoms with E-state index >= 15 is 0 Å². The molecule has 4 atom stereocenters. The van der Waals surface area contributed by atoms with Gasteiger partial charge in [-0.25, -0.2) is 9.59 Å². The standard InChI is InChI=1S/C54H92N4O20/c1-2-40(46(62)37-59)18-15-16-28-55-47(63)27-25-45(54(73)74)58-49(65)26-22-41(52(69)70)36-43(61)38-77-34-33-76-31-29-56-50(66)39-78-35-32-75-30-17-19-42(60)23-24-44(53(71)72)57-48(64)20-13-11-9-7-5-3-4-6-8-10-12-14-21-51(67)68/h40-41,44-45,59H,2-39H2,1H3,(H,55,63)(H,56,66)(H,57,64)(H,58,65)(H,67,68)(H,69,70)(H,71,72)(H,73,74)/t40?,41-,44+,45+/m1/s1. The minimum atomic E-state index is -1.40. The van der Waals surface area contributed by atoms with Crippen molar-refractivity contribution in [1.29, 1.82) is 0 Å². The van der Waals surface area contributed by atoms with Crippen molar-refractivity contribution in [2.75, 3.05) is 72.6 Å². The Bertz CT molecular complexity index is 1770. The van der Waals surface area contributed by atoms with Crippen molar-refractivity contribution < 1.29 is 97.2 Å². The van der Waals surface area contributed by atoms with Gasteiger partial charge < -0.3 is 65.7 Å². The Kier molecular flexibility index (Phi) is 45.3. The third-order valence-corrected chi connectivity index (χ3v) is 12.7. The van der Waals surface area contributed by atoms with Crippen molar-refractivity contribution in [3.8, 4) is 0 Å². The fraction of sp³-hybridized carbons (Fsp3) is 0.796. The summed E-state index contributed by atoms with van der Waals surface area (Å²) in [6, 6.07) is -2.54. The average molecular weight is 1120 g/mol. The Morgan fingerprint density at radius 1 is 0.397 bits per heavy atom. The maximum absolute atomic E-state index is 12.5. The first-order chi connectivity index (χ1) is 37.4. The lowest BCUT2D eigenvalue weighted by molar-refractivity contribution is -0.145. The van der Waals surface area contributed by atoms with Gasteiger partial charge in [-0.05, 0) is 57.8 Å². The fourth-order valence-electron chi connectivity index (χ4n) is 8.06. The van der Waals surface area contributed by atoms with Crippen molar-refractivity contribution in [2.45, 2.75) is 192 Å². The molecule has 0 radical (unpaired) electrons. The van der Waals surface area contributed by atoms with Crippen molar-refractivity contribution >= 4 is 64.9 Å². The van der Waals surface area contributed by atoms with Crippen LogP contribution in [0.2, 0.25) is 0 Å². The maximum Gasteiger partial charge on any atom is 0.326 e. The number of amides is 4. The van der Waals surface area contributed by atoms with E-state index in [1.54, 1.807) is 0 Å². The van der Waals surface area contributed by atoms with E-state index in [1.807, 2.05) is 6.92 Å². The summed E-state index contributed by atoms with van der Waals surface area (Å²) in [4.78, 5) is 131. The maximum atomic E-state index is 12.5. The molecule has 0 fully saturated rings. The van der Waals surface area contributed by atoms with Gasteiger partial charge in [-0.15, -0.1) is 0 Å². The molecule has 1 unspecified atom stereocenters. The van der Waals surface area contributed by atoms with E-state index in [0.717, 1.165) is 70.6 Å². The van der Waals surface area contributed by atoms with Crippen molar-refractivity contribution in [1.82, 2.24) is 21.3 Å². The molecule has 0 aliphatic rings. The lowest BCUT2D eigenvalue weighted by Crippen LogP contribution is -2.42. The van der Waals surface area contributed by atoms with Gasteiger partial charge in [0.15, 0.2) is 11.6 Å². The Labute approximate surface area is 458 Å². The Morgan fingerprint density at radius 2 is 0.897 bits per heavy atom. The van der Waals surface area contributed by atoms with E-state index in [-0.39, 0.29) is 134 Å². The summed E-state index contributed by atoms with van der Waals surface area (Å²) >= 11 is 0. The molecule has 9 N–H and O–H groups in total. The van der Waals surface area contributed by atoms with Crippen LogP contribution in [0, 0.1) is 11.8 Å². The van der Waals surface area contributed by atoms with Gasteiger partial charge in [-0.1, -0.05) is 77.6 Å². The number of aliphatic hydroxyl groups excluding tert-OH is 1. The molecule has 24 heteroatoms. The Hall–Kier alpha value is -5.43.